The number of Topliss-reactive ketones (excluding diaryl/α,β-unsaturated/α-hetero) is 1. The molecular formula is C16H21NO. The lowest BCUT2D eigenvalue weighted by Gasteiger charge is -2.24. The summed E-state index contributed by atoms with van der Waals surface area (Å²) in [7, 11) is 0. The van der Waals surface area contributed by atoms with Gasteiger partial charge >= 0.3 is 0 Å². The highest BCUT2D eigenvalue weighted by Crippen LogP contribution is 2.33. The van der Waals surface area contributed by atoms with Gasteiger partial charge in [-0.3, -0.25) is 4.79 Å². The van der Waals surface area contributed by atoms with Gasteiger partial charge < -0.3 is 5.32 Å². The van der Waals surface area contributed by atoms with Gasteiger partial charge in [0, 0.05) is 12.5 Å². The molecule has 0 spiro atoms. The van der Waals surface area contributed by atoms with E-state index in [2.05, 4.69) is 5.32 Å². The zero-order valence-electron chi connectivity index (χ0n) is 10.8. The van der Waals surface area contributed by atoms with Crippen molar-refractivity contribution in [3.8, 4) is 0 Å². The van der Waals surface area contributed by atoms with E-state index in [-0.39, 0.29) is 6.04 Å². The summed E-state index contributed by atoms with van der Waals surface area (Å²) < 4.78 is 0. The van der Waals surface area contributed by atoms with E-state index in [9.17, 15) is 4.79 Å². The van der Waals surface area contributed by atoms with Crippen molar-refractivity contribution < 1.29 is 4.79 Å². The Kier molecular flexibility index (Phi) is 3.46. The van der Waals surface area contributed by atoms with E-state index in [0.29, 0.717) is 18.2 Å². The maximum atomic E-state index is 12.3. The number of benzene rings is 1. The minimum absolute atomic E-state index is 0.110. The SMILES string of the molecule is O=C(Cc1ccccc1)C1CC2CCCCC2N1. The van der Waals surface area contributed by atoms with E-state index in [4.69, 9.17) is 0 Å². The van der Waals surface area contributed by atoms with Crippen LogP contribution >= 0.6 is 0 Å². The third-order valence-corrected chi connectivity index (χ3v) is 4.47. The summed E-state index contributed by atoms with van der Waals surface area (Å²) in [5.74, 6) is 1.12. The lowest BCUT2D eigenvalue weighted by Crippen LogP contribution is -2.37. The number of ketones is 1. The average molecular weight is 243 g/mol. The highest BCUT2D eigenvalue weighted by atomic mass is 16.1. The van der Waals surface area contributed by atoms with E-state index in [1.807, 2.05) is 30.3 Å². The number of hydrogen-bond donors (Lipinski definition) is 1. The van der Waals surface area contributed by atoms with E-state index < -0.39 is 0 Å². The Bertz CT molecular complexity index is 400. The minimum atomic E-state index is 0.110. The Morgan fingerprint density at radius 3 is 2.72 bits per heavy atom. The molecule has 1 aliphatic carbocycles. The van der Waals surface area contributed by atoms with Crippen LogP contribution in [0.3, 0.4) is 0 Å². The van der Waals surface area contributed by atoms with Crippen LogP contribution in [0.1, 0.15) is 37.7 Å². The molecule has 1 N–H and O–H groups in total. The van der Waals surface area contributed by atoms with Crippen LogP contribution in [0.5, 0.6) is 0 Å². The van der Waals surface area contributed by atoms with E-state index in [1.54, 1.807) is 0 Å². The second-order valence-corrected chi connectivity index (χ2v) is 5.73. The monoisotopic (exact) mass is 243 g/mol. The number of rotatable bonds is 3. The van der Waals surface area contributed by atoms with Gasteiger partial charge in [0.25, 0.3) is 0 Å². The quantitative estimate of drug-likeness (QED) is 0.884. The molecule has 1 saturated carbocycles. The zero-order chi connectivity index (χ0) is 12.4. The van der Waals surface area contributed by atoms with E-state index >= 15 is 0 Å². The summed E-state index contributed by atoms with van der Waals surface area (Å²) in [5.41, 5.74) is 1.14. The molecule has 2 aliphatic rings. The molecule has 18 heavy (non-hydrogen) atoms. The zero-order valence-corrected chi connectivity index (χ0v) is 10.8. The number of carbonyl (C=O) groups is 1. The normalized spacial score (nSPS) is 31.0. The summed E-state index contributed by atoms with van der Waals surface area (Å²) >= 11 is 0. The molecule has 3 atom stereocenters. The van der Waals surface area contributed by atoms with Crippen molar-refractivity contribution in [3.05, 3.63) is 35.9 Å². The first kappa shape index (κ1) is 11.9. The van der Waals surface area contributed by atoms with Crippen LogP contribution in [0.15, 0.2) is 30.3 Å². The molecule has 0 radical (unpaired) electrons. The molecule has 2 heteroatoms. The highest BCUT2D eigenvalue weighted by Gasteiger charge is 2.37. The van der Waals surface area contributed by atoms with Crippen LogP contribution < -0.4 is 5.32 Å². The molecule has 1 saturated heterocycles. The summed E-state index contributed by atoms with van der Waals surface area (Å²) in [4.78, 5) is 12.3. The molecule has 1 aliphatic heterocycles. The van der Waals surface area contributed by atoms with Gasteiger partial charge in [-0.2, -0.15) is 0 Å². The van der Waals surface area contributed by atoms with Crippen molar-refractivity contribution in [1.82, 2.24) is 5.32 Å². The topological polar surface area (TPSA) is 29.1 Å². The molecule has 0 aromatic heterocycles. The number of hydrogen-bond acceptors (Lipinski definition) is 2. The fourth-order valence-electron chi connectivity index (χ4n) is 3.48. The van der Waals surface area contributed by atoms with E-state index in [0.717, 1.165) is 17.9 Å². The van der Waals surface area contributed by atoms with Crippen LogP contribution in [-0.2, 0) is 11.2 Å². The summed E-state index contributed by atoms with van der Waals surface area (Å²) in [5, 5.41) is 3.56. The molecule has 1 aromatic rings. The molecular weight excluding hydrogens is 222 g/mol. The lowest BCUT2D eigenvalue weighted by molar-refractivity contribution is -0.120. The molecule has 1 aromatic carbocycles. The van der Waals surface area contributed by atoms with Crippen molar-refractivity contribution >= 4 is 5.78 Å². The lowest BCUT2D eigenvalue weighted by atomic mass is 9.84. The van der Waals surface area contributed by atoms with Crippen molar-refractivity contribution in [2.24, 2.45) is 5.92 Å². The van der Waals surface area contributed by atoms with Gasteiger partial charge in [-0.05, 0) is 30.7 Å². The number of nitrogens with one attached hydrogen (secondary N) is 1. The number of fused-ring (bicyclic) bond motifs is 1. The molecule has 96 valence electrons. The molecule has 3 unspecified atom stereocenters. The van der Waals surface area contributed by atoms with Crippen molar-refractivity contribution in [2.45, 2.75) is 50.6 Å². The number of carbonyl (C=O) groups excluding carboxylic acids is 1. The third-order valence-electron chi connectivity index (χ3n) is 4.47. The molecule has 0 amide bonds. The molecule has 3 rings (SSSR count). The van der Waals surface area contributed by atoms with Crippen LogP contribution in [0, 0.1) is 5.92 Å². The average Bonchev–Trinajstić information content (AvgIpc) is 2.84. The van der Waals surface area contributed by atoms with Crippen LogP contribution in [0.4, 0.5) is 0 Å². The van der Waals surface area contributed by atoms with Crippen LogP contribution in [0.25, 0.3) is 0 Å². The van der Waals surface area contributed by atoms with Gasteiger partial charge in [0.05, 0.1) is 6.04 Å². The van der Waals surface area contributed by atoms with Crippen molar-refractivity contribution in [2.75, 3.05) is 0 Å². The fraction of sp³-hybridized carbons (Fsp3) is 0.562. The summed E-state index contributed by atoms with van der Waals surface area (Å²) in [6.07, 6.45) is 6.90. The van der Waals surface area contributed by atoms with Crippen molar-refractivity contribution in [1.29, 1.82) is 0 Å². The predicted molar refractivity (Wildman–Crippen MR) is 72.4 cm³/mol. The van der Waals surface area contributed by atoms with E-state index in [1.165, 1.54) is 25.7 Å². The second-order valence-electron chi connectivity index (χ2n) is 5.73. The summed E-state index contributed by atoms with van der Waals surface area (Å²) in [6, 6.07) is 10.8. The maximum Gasteiger partial charge on any atom is 0.154 e. The minimum Gasteiger partial charge on any atom is -0.304 e. The van der Waals surface area contributed by atoms with Gasteiger partial charge in [-0.1, -0.05) is 43.2 Å². The first-order valence-corrected chi connectivity index (χ1v) is 7.15. The maximum absolute atomic E-state index is 12.3. The Morgan fingerprint density at radius 2 is 1.94 bits per heavy atom. The molecule has 2 nitrogen and oxygen atoms in total. The van der Waals surface area contributed by atoms with Gasteiger partial charge in [-0.15, -0.1) is 0 Å². The van der Waals surface area contributed by atoms with Gasteiger partial charge in [0.2, 0.25) is 0 Å². The molecule has 2 fully saturated rings. The third kappa shape index (κ3) is 2.49. The largest absolute Gasteiger partial charge is 0.304 e. The summed E-state index contributed by atoms with van der Waals surface area (Å²) in [6.45, 7) is 0. The Balaban J connectivity index is 1.60. The molecule has 1 heterocycles. The Morgan fingerprint density at radius 1 is 1.17 bits per heavy atom. The van der Waals surface area contributed by atoms with Crippen molar-refractivity contribution in [3.63, 3.8) is 0 Å². The standard InChI is InChI=1S/C16H21NO/c18-16(10-12-6-2-1-3-7-12)15-11-13-8-4-5-9-14(13)17-15/h1-3,6-7,13-15,17H,4-5,8-11H2. The second kappa shape index (κ2) is 5.23. The Hall–Kier alpha value is -1.15. The first-order chi connectivity index (χ1) is 8.83. The van der Waals surface area contributed by atoms with Crippen LogP contribution in [-0.4, -0.2) is 17.9 Å². The Labute approximate surface area is 109 Å². The first-order valence-electron chi connectivity index (χ1n) is 7.15. The molecule has 0 bridgehead atoms. The smallest absolute Gasteiger partial charge is 0.154 e. The van der Waals surface area contributed by atoms with Gasteiger partial charge in [0.15, 0.2) is 5.78 Å². The van der Waals surface area contributed by atoms with Gasteiger partial charge in [0.1, 0.15) is 0 Å². The highest BCUT2D eigenvalue weighted by molar-refractivity contribution is 5.86. The fourth-order valence-corrected chi connectivity index (χ4v) is 3.48. The predicted octanol–water partition coefficient (Wildman–Crippen LogP) is 2.72. The van der Waals surface area contributed by atoms with Gasteiger partial charge in [-0.25, -0.2) is 0 Å². The van der Waals surface area contributed by atoms with Crippen LogP contribution in [0.2, 0.25) is 0 Å².